The highest BCUT2D eigenvalue weighted by atomic mass is 19.1. The lowest BCUT2D eigenvalue weighted by Crippen LogP contribution is -2.39. The molecule has 7 heteroatoms. The maximum Gasteiger partial charge on any atom is 0.193 e. The standard InChI is InChI=1S/C22H26FN5O/c1-24-22(27(2)16-17-6-4-5-7-21(17)29-3)25-14-12-19-13-15-28(26-19)20-10-8-18(23)9-11-20/h4-11,13,15H,12,14,16H2,1-3H3,(H,24,25). The molecule has 3 aromatic rings. The van der Waals surface area contributed by atoms with Gasteiger partial charge in [0.2, 0.25) is 0 Å². The van der Waals surface area contributed by atoms with Crippen LogP contribution in [0.5, 0.6) is 5.75 Å². The van der Waals surface area contributed by atoms with Crippen molar-refractivity contribution in [1.82, 2.24) is 20.0 Å². The molecule has 0 aliphatic carbocycles. The molecule has 0 unspecified atom stereocenters. The summed E-state index contributed by atoms with van der Waals surface area (Å²) >= 11 is 0. The highest BCUT2D eigenvalue weighted by Crippen LogP contribution is 2.18. The monoisotopic (exact) mass is 395 g/mol. The van der Waals surface area contributed by atoms with Crippen molar-refractivity contribution < 1.29 is 9.13 Å². The van der Waals surface area contributed by atoms with E-state index in [1.165, 1.54) is 12.1 Å². The van der Waals surface area contributed by atoms with Gasteiger partial charge in [0.05, 0.1) is 18.5 Å². The number of ether oxygens (including phenoxy) is 1. The summed E-state index contributed by atoms with van der Waals surface area (Å²) in [6.45, 7) is 1.38. The van der Waals surface area contributed by atoms with E-state index in [4.69, 9.17) is 4.74 Å². The van der Waals surface area contributed by atoms with Crippen molar-refractivity contribution >= 4 is 5.96 Å². The Bertz CT molecular complexity index is 952. The van der Waals surface area contributed by atoms with Crippen LogP contribution in [0, 0.1) is 5.82 Å². The second-order valence-electron chi connectivity index (χ2n) is 6.62. The van der Waals surface area contributed by atoms with Gasteiger partial charge in [0, 0.05) is 45.4 Å². The molecule has 2 aromatic carbocycles. The van der Waals surface area contributed by atoms with Gasteiger partial charge in [-0.05, 0) is 36.4 Å². The van der Waals surface area contributed by atoms with E-state index >= 15 is 0 Å². The third-order valence-electron chi connectivity index (χ3n) is 4.57. The first-order valence-electron chi connectivity index (χ1n) is 9.45. The first kappa shape index (κ1) is 20.4. The van der Waals surface area contributed by atoms with Crippen LogP contribution in [0.4, 0.5) is 4.39 Å². The summed E-state index contributed by atoms with van der Waals surface area (Å²) in [5, 5.41) is 7.92. The number of nitrogens with one attached hydrogen (secondary N) is 1. The quantitative estimate of drug-likeness (QED) is 0.493. The minimum Gasteiger partial charge on any atom is -0.496 e. The molecule has 6 nitrogen and oxygen atoms in total. The molecule has 0 atom stereocenters. The fraction of sp³-hybridized carbons (Fsp3) is 0.273. The number of nitrogens with zero attached hydrogens (tertiary/aromatic N) is 4. The minimum absolute atomic E-state index is 0.256. The van der Waals surface area contributed by atoms with Gasteiger partial charge in [-0.25, -0.2) is 9.07 Å². The molecule has 0 aliphatic heterocycles. The Labute approximate surface area is 170 Å². The predicted octanol–water partition coefficient (Wildman–Crippen LogP) is 3.27. The Morgan fingerprint density at radius 3 is 2.66 bits per heavy atom. The maximum absolute atomic E-state index is 13.1. The molecule has 1 N–H and O–H groups in total. The Morgan fingerprint density at radius 1 is 1.17 bits per heavy atom. The summed E-state index contributed by atoms with van der Waals surface area (Å²) < 4.78 is 20.2. The Morgan fingerprint density at radius 2 is 1.93 bits per heavy atom. The maximum atomic E-state index is 13.1. The molecular formula is C22H26FN5O. The Kier molecular flexibility index (Phi) is 6.84. The zero-order valence-corrected chi connectivity index (χ0v) is 17.0. The van der Waals surface area contributed by atoms with E-state index in [1.54, 1.807) is 31.0 Å². The summed E-state index contributed by atoms with van der Waals surface area (Å²) in [5.41, 5.74) is 2.88. The molecule has 0 fully saturated rings. The molecule has 0 saturated carbocycles. The highest BCUT2D eigenvalue weighted by molar-refractivity contribution is 5.79. The fourth-order valence-electron chi connectivity index (χ4n) is 3.08. The number of halogens is 1. The van der Waals surface area contributed by atoms with E-state index < -0.39 is 0 Å². The summed E-state index contributed by atoms with van der Waals surface area (Å²) in [5.74, 6) is 1.41. The summed E-state index contributed by atoms with van der Waals surface area (Å²) in [4.78, 5) is 6.41. The lowest BCUT2D eigenvalue weighted by Gasteiger charge is -2.23. The van der Waals surface area contributed by atoms with E-state index in [0.717, 1.165) is 35.1 Å². The van der Waals surface area contributed by atoms with Gasteiger partial charge in [0.25, 0.3) is 0 Å². The van der Waals surface area contributed by atoms with Crippen molar-refractivity contribution in [2.75, 3.05) is 27.7 Å². The van der Waals surface area contributed by atoms with Gasteiger partial charge < -0.3 is 15.0 Å². The Hall–Kier alpha value is -3.35. The van der Waals surface area contributed by atoms with Crippen LogP contribution in [-0.2, 0) is 13.0 Å². The van der Waals surface area contributed by atoms with Crippen LogP contribution in [0.2, 0.25) is 0 Å². The topological polar surface area (TPSA) is 54.7 Å². The van der Waals surface area contributed by atoms with Gasteiger partial charge in [-0.15, -0.1) is 0 Å². The average molecular weight is 395 g/mol. The van der Waals surface area contributed by atoms with Crippen LogP contribution in [-0.4, -0.2) is 48.4 Å². The molecule has 0 amide bonds. The van der Waals surface area contributed by atoms with Crippen molar-refractivity contribution in [1.29, 1.82) is 0 Å². The SMILES string of the molecule is CN=C(NCCc1ccn(-c2ccc(F)cc2)n1)N(C)Cc1ccccc1OC. The van der Waals surface area contributed by atoms with Crippen molar-refractivity contribution in [2.45, 2.75) is 13.0 Å². The van der Waals surface area contributed by atoms with E-state index in [-0.39, 0.29) is 5.82 Å². The predicted molar refractivity (Wildman–Crippen MR) is 113 cm³/mol. The third-order valence-corrected chi connectivity index (χ3v) is 4.57. The molecule has 1 aromatic heterocycles. The van der Waals surface area contributed by atoms with Crippen LogP contribution < -0.4 is 10.1 Å². The number of guanidine groups is 1. The second-order valence-corrected chi connectivity index (χ2v) is 6.62. The van der Waals surface area contributed by atoms with Gasteiger partial charge in [-0.1, -0.05) is 18.2 Å². The number of hydrogen-bond acceptors (Lipinski definition) is 3. The first-order chi connectivity index (χ1) is 14.1. The largest absolute Gasteiger partial charge is 0.496 e. The van der Waals surface area contributed by atoms with E-state index in [9.17, 15) is 4.39 Å². The Balaban J connectivity index is 1.54. The van der Waals surface area contributed by atoms with Crippen LogP contribution >= 0.6 is 0 Å². The van der Waals surface area contributed by atoms with E-state index in [0.29, 0.717) is 13.1 Å². The average Bonchev–Trinajstić information content (AvgIpc) is 3.21. The lowest BCUT2D eigenvalue weighted by atomic mass is 10.2. The van der Waals surface area contributed by atoms with Gasteiger partial charge >= 0.3 is 0 Å². The van der Waals surface area contributed by atoms with Crippen LogP contribution in [0.1, 0.15) is 11.3 Å². The molecule has 29 heavy (non-hydrogen) atoms. The van der Waals surface area contributed by atoms with Crippen LogP contribution in [0.3, 0.4) is 0 Å². The fourth-order valence-corrected chi connectivity index (χ4v) is 3.08. The molecule has 1 heterocycles. The van der Waals surface area contributed by atoms with Crippen molar-refractivity contribution in [3.05, 3.63) is 77.9 Å². The highest BCUT2D eigenvalue weighted by Gasteiger charge is 2.10. The smallest absolute Gasteiger partial charge is 0.193 e. The number of para-hydroxylation sites is 1. The van der Waals surface area contributed by atoms with Crippen LogP contribution in [0.15, 0.2) is 65.8 Å². The molecule has 3 rings (SSSR count). The molecule has 152 valence electrons. The minimum atomic E-state index is -0.256. The van der Waals surface area contributed by atoms with Crippen molar-refractivity contribution in [3.63, 3.8) is 0 Å². The molecule has 0 aliphatic rings. The number of benzene rings is 2. The van der Waals surface area contributed by atoms with Crippen molar-refractivity contribution in [3.8, 4) is 11.4 Å². The van der Waals surface area contributed by atoms with Crippen molar-refractivity contribution in [2.24, 2.45) is 4.99 Å². The molecule has 0 bridgehead atoms. The zero-order valence-electron chi connectivity index (χ0n) is 17.0. The first-order valence-corrected chi connectivity index (χ1v) is 9.45. The zero-order chi connectivity index (χ0) is 20.6. The van der Waals surface area contributed by atoms with E-state index in [1.807, 2.05) is 43.6 Å². The normalized spacial score (nSPS) is 11.4. The number of hydrogen-bond donors (Lipinski definition) is 1. The van der Waals surface area contributed by atoms with Crippen LogP contribution in [0.25, 0.3) is 5.69 Å². The molecular weight excluding hydrogens is 369 g/mol. The number of methoxy groups -OCH3 is 1. The number of aliphatic imine (C=N–C) groups is 1. The van der Waals surface area contributed by atoms with Gasteiger partial charge in [0.1, 0.15) is 11.6 Å². The van der Waals surface area contributed by atoms with Gasteiger partial charge in [-0.2, -0.15) is 5.10 Å². The number of aromatic nitrogens is 2. The summed E-state index contributed by atoms with van der Waals surface area (Å²) in [7, 11) is 5.44. The summed E-state index contributed by atoms with van der Waals surface area (Å²) in [6, 6.07) is 16.2. The molecule has 0 saturated heterocycles. The van der Waals surface area contributed by atoms with Gasteiger partial charge in [0.15, 0.2) is 5.96 Å². The number of rotatable bonds is 7. The summed E-state index contributed by atoms with van der Waals surface area (Å²) in [6.07, 6.45) is 2.63. The van der Waals surface area contributed by atoms with Gasteiger partial charge in [-0.3, -0.25) is 4.99 Å². The molecule has 0 radical (unpaired) electrons. The lowest BCUT2D eigenvalue weighted by molar-refractivity contribution is 0.396. The third kappa shape index (κ3) is 5.34. The molecule has 0 spiro atoms. The second kappa shape index (κ2) is 9.73. The van der Waals surface area contributed by atoms with E-state index in [2.05, 4.69) is 20.3 Å².